The summed E-state index contributed by atoms with van der Waals surface area (Å²) in [5, 5.41) is 5.33. The van der Waals surface area contributed by atoms with Crippen molar-refractivity contribution in [3.05, 3.63) is 126 Å². The zero-order chi connectivity index (χ0) is 52.9. The van der Waals surface area contributed by atoms with E-state index in [0.29, 0.717) is 12.5 Å². The molecule has 4 unspecified atom stereocenters. The van der Waals surface area contributed by atoms with Gasteiger partial charge in [0.25, 0.3) is 0 Å². The second-order valence-corrected chi connectivity index (χ2v) is 21.1. The molecule has 4 heterocycles. The van der Waals surface area contributed by atoms with Gasteiger partial charge in [0.05, 0.1) is 43.2 Å². The molecule has 0 radical (unpaired) electrons. The van der Waals surface area contributed by atoms with Crippen LogP contribution in [0.15, 0.2) is 98.3 Å². The van der Waals surface area contributed by atoms with E-state index in [-0.39, 0.29) is 53.0 Å². The van der Waals surface area contributed by atoms with Crippen LogP contribution in [0.4, 0.5) is 10.5 Å². The number of nitrogens with one attached hydrogen (secondary N) is 4. The maximum atomic E-state index is 13.6. The van der Waals surface area contributed by atoms with Crippen LogP contribution in [0.1, 0.15) is 173 Å². The van der Waals surface area contributed by atoms with Crippen molar-refractivity contribution in [1.29, 1.82) is 0 Å². The molecule has 3 aromatic carbocycles. The van der Waals surface area contributed by atoms with E-state index in [1.165, 1.54) is 68.3 Å². The van der Waals surface area contributed by atoms with Crippen molar-refractivity contribution >= 4 is 29.4 Å². The summed E-state index contributed by atoms with van der Waals surface area (Å²) < 4.78 is 4.38. The number of ether oxygens (including phenoxy) is 1. The molecule has 0 saturated carbocycles. The Morgan fingerprint density at radius 2 is 1.28 bits per heavy atom. The number of likely N-dealkylation sites (tertiary alicyclic amines) is 1. The van der Waals surface area contributed by atoms with E-state index in [4.69, 9.17) is 9.97 Å². The number of anilines is 1. The van der Waals surface area contributed by atoms with Crippen LogP contribution in [0.3, 0.4) is 0 Å². The molecule has 4 N–H and O–H groups in total. The molecule has 2 aliphatic heterocycles. The van der Waals surface area contributed by atoms with E-state index < -0.39 is 18.2 Å². The first kappa shape index (κ1) is 56.4. The number of aromatic amines is 2. The lowest BCUT2D eigenvalue weighted by atomic mass is 9.87. The Morgan fingerprint density at radius 3 is 1.76 bits per heavy atom. The Kier molecular flexibility index (Phi) is 20.2. The highest BCUT2D eigenvalue weighted by atomic mass is 16.5. The smallest absolute Gasteiger partial charge is 0.407 e. The summed E-state index contributed by atoms with van der Waals surface area (Å²) in [5.41, 5.74) is 9.49. The fourth-order valence-corrected chi connectivity index (χ4v) is 9.92. The standard InChI is InChI=1S/C49H63N7O2.C8H15NO3.C2H4/c1-9-10-12-32(4)40-29-50-46(53-40)36-18-14-34(15-19-36)42-26-27-43(56(42)39-24-22-38(23-25-39)49(6,7)8)35-16-20-37(21-17-35)47-51-30-41(54-47)44-13-11-28-55(44)48(58)45(31(2)3)52-33(5)57;1-5(2)7(6(3)10)9-8(11)12-4;1-2/h14-25,29-32,42-45H,9-13,26-28H2,1-8H3,(H,50,53)(H,51,54)(H,52,57);5,7H,1-4H3,(H,9,11);1-2H2/t32?,42?,43?,44-,45-;;/m0../s1. The SMILES string of the molecule is C=C.CCCCC(C)c1cnc(-c2ccc(C3CCC(c4ccc(-c5ncc([C@@H]6CCCN6C(=O)[C@@H](NC(C)=O)C(C)C)[nH]5)cc4)N3c3ccc(C(C)(C)C)cc3)cc2)[nH]1.COC(=O)NC(C(C)=O)C(C)C. The lowest BCUT2D eigenvalue weighted by Gasteiger charge is -2.34. The van der Waals surface area contributed by atoms with E-state index in [2.05, 4.69) is 151 Å². The second kappa shape index (κ2) is 25.7. The Balaban J connectivity index is 0.000000604. The molecular weight excluding hydrogens is 901 g/mol. The number of carbonyl (C=O) groups is 4. The molecule has 6 atom stereocenters. The minimum Gasteiger partial charge on any atom is -0.453 e. The average molecular weight is 983 g/mol. The summed E-state index contributed by atoms with van der Waals surface area (Å²) in [6, 6.07) is 26.4. The predicted octanol–water partition coefficient (Wildman–Crippen LogP) is 12.7. The van der Waals surface area contributed by atoms with E-state index in [0.717, 1.165) is 54.2 Å². The van der Waals surface area contributed by atoms with E-state index in [1.54, 1.807) is 0 Å². The molecule has 13 nitrogen and oxygen atoms in total. The van der Waals surface area contributed by atoms with Gasteiger partial charge in [-0.2, -0.15) is 0 Å². The van der Waals surface area contributed by atoms with Gasteiger partial charge in [-0.15, -0.1) is 13.2 Å². The van der Waals surface area contributed by atoms with Crippen molar-refractivity contribution in [2.45, 2.75) is 163 Å². The molecule has 2 aromatic heterocycles. The third-order valence-corrected chi connectivity index (χ3v) is 14.0. The number of ketones is 1. The van der Waals surface area contributed by atoms with Gasteiger partial charge in [0.1, 0.15) is 17.7 Å². The zero-order valence-electron chi connectivity index (χ0n) is 45.1. The van der Waals surface area contributed by atoms with Crippen molar-refractivity contribution < 1.29 is 23.9 Å². The molecule has 13 heteroatoms. The molecule has 3 amide bonds. The maximum Gasteiger partial charge on any atom is 0.407 e. The lowest BCUT2D eigenvalue weighted by molar-refractivity contribution is -0.138. The highest BCUT2D eigenvalue weighted by molar-refractivity contribution is 5.87. The van der Waals surface area contributed by atoms with Crippen molar-refractivity contribution in [3.63, 3.8) is 0 Å². The molecule has 72 heavy (non-hydrogen) atoms. The zero-order valence-corrected chi connectivity index (χ0v) is 45.1. The van der Waals surface area contributed by atoms with E-state index in [1.807, 2.05) is 45.0 Å². The number of rotatable bonds is 16. The Morgan fingerprint density at radius 1 is 0.736 bits per heavy atom. The number of benzene rings is 3. The van der Waals surface area contributed by atoms with Gasteiger partial charge in [-0.3, -0.25) is 14.4 Å². The number of hydrogen-bond donors (Lipinski definition) is 4. The van der Waals surface area contributed by atoms with Gasteiger partial charge in [-0.1, -0.05) is 136 Å². The summed E-state index contributed by atoms with van der Waals surface area (Å²) in [5.74, 6) is 2.00. The van der Waals surface area contributed by atoms with Gasteiger partial charge in [0, 0.05) is 42.2 Å². The van der Waals surface area contributed by atoms with Crippen LogP contribution in [0, 0.1) is 11.8 Å². The number of H-pyrrole nitrogens is 2. The summed E-state index contributed by atoms with van der Waals surface area (Å²) in [4.78, 5) is 68.5. The average Bonchev–Trinajstić information content (AvgIpc) is 4.22. The van der Waals surface area contributed by atoms with Crippen LogP contribution in [-0.2, 0) is 24.5 Å². The molecule has 2 fully saturated rings. The molecule has 0 spiro atoms. The summed E-state index contributed by atoms with van der Waals surface area (Å²) >= 11 is 0. The Hall–Kier alpha value is -6.50. The van der Waals surface area contributed by atoms with Crippen LogP contribution in [0.25, 0.3) is 22.8 Å². The third-order valence-electron chi connectivity index (χ3n) is 14.0. The molecule has 388 valence electrons. The van der Waals surface area contributed by atoms with Crippen molar-refractivity contribution in [1.82, 2.24) is 35.5 Å². The first-order chi connectivity index (χ1) is 34.3. The normalized spacial score (nSPS) is 17.8. The number of unbranched alkanes of at least 4 members (excludes halogenated alkanes) is 1. The molecular formula is C59H82N8O5. The summed E-state index contributed by atoms with van der Waals surface area (Å²) in [6.45, 7) is 28.6. The fourth-order valence-electron chi connectivity index (χ4n) is 9.92. The molecule has 2 aliphatic rings. The van der Waals surface area contributed by atoms with E-state index in [9.17, 15) is 19.2 Å². The summed E-state index contributed by atoms with van der Waals surface area (Å²) in [6.07, 6.45) is 10.8. The van der Waals surface area contributed by atoms with Crippen LogP contribution in [0.5, 0.6) is 0 Å². The third kappa shape index (κ3) is 14.1. The monoisotopic (exact) mass is 983 g/mol. The quantitative estimate of drug-likeness (QED) is 0.0709. The molecule has 0 aliphatic carbocycles. The largest absolute Gasteiger partial charge is 0.453 e. The van der Waals surface area contributed by atoms with Crippen LogP contribution in [-0.4, -0.2) is 74.3 Å². The predicted molar refractivity (Wildman–Crippen MR) is 291 cm³/mol. The molecule has 0 bridgehead atoms. The number of nitrogens with zero attached hydrogens (tertiary/aromatic N) is 4. The van der Waals surface area contributed by atoms with Gasteiger partial charge >= 0.3 is 6.09 Å². The highest BCUT2D eigenvalue weighted by Crippen LogP contribution is 2.48. The molecule has 7 rings (SSSR count). The first-order valence-corrected chi connectivity index (χ1v) is 25.9. The number of methoxy groups -OCH3 is 1. The van der Waals surface area contributed by atoms with Gasteiger partial charge in [0.15, 0.2) is 5.78 Å². The minimum absolute atomic E-state index is 0.00655. The summed E-state index contributed by atoms with van der Waals surface area (Å²) in [7, 11) is 1.27. The first-order valence-electron chi connectivity index (χ1n) is 25.9. The Labute approximate surface area is 429 Å². The van der Waals surface area contributed by atoms with Crippen LogP contribution in [0.2, 0.25) is 0 Å². The number of amides is 3. The van der Waals surface area contributed by atoms with Crippen molar-refractivity contribution in [2.24, 2.45) is 11.8 Å². The van der Waals surface area contributed by atoms with Gasteiger partial charge in [0.2, 0.25) is 11.8 Å². The molecule has 2 saturated heterocycles. The maximum absolute atomic E-state index is 13.6. The number of imidazole rings is 2. The number of carbonyl (C=O) groups excluding carboxylic acids is 4. The Bertz CT molecular complexity index is 2520. The van der Waals surface area contributed by atoms with E-state index >= 15 is 0 Å². The topological polar surface area (TPSA) is 165 Å². The van der Waals surface area contributed by atoms with Gasteiger partial charge in [-0.25, -0.2) is 14.8 Å². The lowest BCUT2D eigenvalue weighted by Crippen LogP contribution is -2.50. The minimum atomic E-state index is -0.566. The van der Waals surface area contributed by atoms with Crippen molar-refractivity contribution in [2.75, 3.05) is 18.6 Å². The number of hydrogen-bond acceptors (Lipinski definition) is 8. The number of Topliss-reactive ketones (excluding diaryl/α,β-unsaturated/α-hetero) is 1. The van der Waals surface area contributed by atoms with Gasteiger partial charge < -0.3 is 35.1 Å². The highest BCUT2D eigenvalue weighted by Gasteiger charge is 2.38. The molecule has 5 aromatic rings. The number of aromatic nitrogens is 4. The van der Waals surface area contributed by atoms with Crippen LogP contribution < -0.4 is 15.5 Å². The van der Waals surface area contributed by atoms with Gasteiger partial charge in [-0.05, 0) is 91.0 Å². The van der Waals surface area contributed by atoms with Crippen LogP contribution >= 0.6 is 0 Å². The van der Waals surface area contributed by atoms with Crippen molar-refractivity contribution in [3.8, 4) is 22.8 Å². The fraction of sp³-hybridized carbons (Fsp3) is 0.492. The number of alkyl carbamates (subject to hydrolysis) is 1. The second-order valence-electron chi connectivity index (χ2n) is 21.1.